The van der Waals surface area contributed by atoms with Gasteiger partial charge in [0.1, 0.15) is 0 Å². The third-order valence-corrected chi connectivity index (χ3v) is 5.34. The molecule has 2 atom stereocenters. The van der Waals surface area contributed by atoms with Crippen molar-refractivity contribution in [2.24, 2.45) is 5.92 Å². The molecule has 114 valence electrons. The summed E-state index contributed by atoms with van der Waals surface area (Å²) >= 11 is 0. The summed E-state index contributed by atoms with van der Waals surface area (Å²) < 4.78 is 0. The molecule has 20 heavy (non-hydrogen) atoms. The molecule has 1 amide bonds. The van der Waals surface area contributed by atoms with Crippen LogP contribution in [0.25, 0.3) is 0 Å². The quantitative estimate of drug-likeness (QED) is 0.765. The van der Waals surface area contributed by atoms with Crippen LogP contribution >= 0.6 is 0 Å². The zero-order valence-electron chi connectivity index (χ0n) is 13.6. The van der Waals surface area contributed by atoms with Crippen molar-refractivity contribution in [2.45, 2.75) is 64.7 Å². The Balaban J connectivity index is 1.52. The van der Waals surface area contributed by atoms with Crippen LogP contribution in [0.2, 0.25) is 0 Å². The number of piperazine rings is 1. The van der Waals surface area contributed by atoms with E-state index in [-0.39, 0.29) is 11.5 Å². The summed E-state index contributed by atoms with van der Waals surface area (Å²) in [5.41, 5.74) is 0.204. The van der Waals surface area contributed by atoms with Crippen LogP contribution in [0.3, 0.4) is 0 Å². The third-order valence-electron chi connectivity index (χ3n) is 5.34. The maximum Gasteiger partial charge on any atom is 0.228 e. The van der Waals surface area contributed by atoms with Crippen LogP contribution in [0.1, 0.15) is 41.0 Å². The molecular formula is C16H29N3O. The van der Waals surface area contributed by atoms with Crippen LogP contribution in [0, 0.1) is 5.92 Å². The van der Waals surface area contributed by atoms with Crippen LogP contribution in [-0.4, -0.2) is 70.5 Å². The van der Waals surface area contributed by atoms with E-state index in [1.165, 1.54) is 6.42 Å². The van der Waals surface area contributed by atoms with Crippen molar-refractivity contribution in [1.29, 1.82) is 0 Å². The molecule has 4 heterocycles. The Kier molecular flexibility index (Phi) is 3.37. The van der Waals surface area contributed by atoms with Crippen molar-refractivity contribution in [3.05, 3.63) is 0 Å². The predicted octanol–water partition coefficient (Wildman–Crippen LogP) is 1.41. The van der Waals surface area contributed by atoms with Gasteiger partial charge >= 0.3 is 0 Å². The van der Waals surface area contributed by atoms with Gasteiger partial charge in [-0.05, 0) is 41.0 Å². The molecule has 0 spiro atoms. The molecule has 2 bridgehead atoms. The summed E-state index contributed by atoms with van der Waals surface area (Å²) in [4.78, 5) is 19.7. The number of likely N-dealkylation sites (tertiary alicyclic amines) is 1. The minimum atomic E-state index is 0.204. The first kappa shape index (κ1) is 14.3. The fraction of sp³-hybridized carbons (Fsp3) is 0.938. The monoisotopic (exact) mass is 279 g/mol. The lowest BCUT2D eigenvalue weighted by Crippen LogP contribution is -2.72. The van der Waals surface area contributed by atoms with Crippen molar-refractivity contribution in [3.8, 4) is 0 Å². The summed E-state index contributed by atoms with van der Waals surface area (Å²) in [7, 11) is 0. The SMILES string of the molecule is CC(C)N1C2CC1CN(C(=O)C1CN(C(C)(C)C)C1)C2. The Morgan fingerprint density at radius 2 is 1.60 bits per heavy atom. The highest BCUT2D eigenvalue weighted by Crippen LogP contribution is 2.35. The van der Waals surface area contributed by atoms with E-state index >= 15 is 0 Å². The Hall–Kier alpha value is -0.610. The fourth-order valence-corrected chi connectivity index (χ4v) is 4.10. The second-order valence-corrected chi connectivity index (χ2v) is 8.10. The minimum Gasteiger partial charge on any atom is -0.339 e. The van der Waals surface area contributed by atoms with Gasteiger partial charge in [0, 0.05) is 49.8 Å². The molecule has 0 aliphatic carbocycles. The highest BCUT2D eigenvalue weighted by Gasteiger charge is 2.49. The number of nitrogens with zero attached hydrogens (tertiary/aromatic N) is 3. The van der Waals surface area contributed by atoms with Gasteiger partial charge in [0.15, 0.2) is 0 Å². The van der Waals surface area contributed by atoms with E-state index < -0.39 is 0 Å². The summed E-state index contributed by atoms with van der Waals surface area (Å²) in [5.74, 6) is 0.655. The second kappa shape index (κ2) is 4.70. The lowest BCUT2D eigenvalue weighted by molar-refractivity contribution is -0.157. The minimum absolute atomic E-state index is 0.204. The number of fused-ring (bicyclic) bond motifs is 2. The molecule has 0 saturated carbocycles. The molecule has 0 aromatic rings. The van der Waals surface area contributed by atoms with E-state index in [4.69, 9.17) is 0 Å². The maximum absolute atomic E-state index is 12.6. The van der Waals surface area contributed by atoms with Crippen LogP contribution in [0.5, 0.6) is 0 Å². The number of carbonyl (C=O) groups is 1. The van der Waals surface area contributed by atoms with Gasteiger partial charge in [0.2, 0.25) is 5.91 Å². The van der Waals surface area contributed by atoms with Crippen LogP contribution in [0.15, 0.2) is 0 Å². The molecule has 4 aliphatic heterocycles. The molecule has 4 heteroatoms. The van der Waals surface area contributed by atoms with Gasteiger partial charge in [0.25, 0.3) is 0 Å². The molecule has 4 nitrogen and oxygen atoms in total. The summed E-state index contributed by atoms with van der Waals surface area (Å²) in [6, 6.07) is 1.86. The number of amides is 1. The van der Waals surface area contributed by atoms with Crippen molar-refractivity contribution < 1.29 is 4.79 Å². The van der Waals surface area contributed by atoms with Crippen LogP contribution in [0.4, 0.5) is 0 Å². The Morgan fingerprint density at radius 1 is 1.05 bits per heavy atom. The lowest BCUT2D eigenvalue weighted by atomic mass is 9.84. The normalized spacial score (nSPS) is 32.2. The summed E-state index contributed by atoms with van der Waals surface area (Å²) in [5, 5.41) is 0. The van der Waals surface area contributed by atoms with E-state index in [1.54, 1.807) is 0 Å². The van der Waals surface area contributed by atoms with Crippen molar-refractivity contribution in [2.75, 3.05) is 26.2 Å². The standard InChI is InChI=1S/C16H29N3O/c1-11(2)19-13-6-14(19)10-17(9-13)15(20)12-7-18(8-12)16(3,4)5/h11-14H,6-10H2,1-5H3. The highest BCUT2D eigenvalue weighted by molar-refractivity contribution is 5.80. The molecule has 0 N–H and O–H groups in total. The molecule has 4 fully saturated rings. The predicted molar refractivity (Wildman–Crippen MR) is 80.6 cm³/mol. The third kappa shape index (κ3) is 2.27. The van der Waals surface area contributed by atoms with Crippen molar-refractivity contribution >= 4 is 5.91 Å². The van der Waals surface area contributed by atoms with Crippen LogP contribution in [-0.2, 0) is 4.79 Å². The lowest BCUT2D eigenvalue weighted by Gasteiger charge is -2.59. The van der Waals surface area contributed by atoms with E-state index in [9.17, 15) is 4.79 Å². The number of carbonyl (C=O) groups excluding carboxylic acids is 1. The number of hydrogen-bond donors (Lipinski definition) is 0. The average molecular weight is 279 g/mol. The van der Waals surface area contributed by atoms with Gasteiger partial charge in [0.05, 0.1) is 5.92 Å². The van der Waals surface area contributed by atoms with Gasteiger partial charge in [-0.1, -0.05) is 0 Å². The largest absolute Gasteiger partial charge is 0.339 e. The molecule has 4 rings (SSSR count). The van der Waals surface area contributed by atoms with Crippen molar-refractivity contribution in [1.82, 2.24) is 14.7 Å². The van der Waals surface area contributed by atoms with E-state index in [2.05, 4.69) is 49.3 Å². The van der Waals surface area contributed by atoms with Gasteiger partial charge < -0.3 is 4.90 Å². The first-order chi connectivity index (χ1) is 9.27. The molecular weight excluding hydrogens is 250 g/mol. The Bertz CT molecular complexity index is 383. The summed E-state index contributed by atoms with van der Waals surface area (Å²) in [6.07, 6.45) is 1.29. The molecule has 4 aliphatic rings. The van der Waals surface area contributed by atoms with Crippen LogP contribution < -0.4 is 0 Å². The fourth-order valence-electron chi connectivity index (χ4n) is 4.10. The van der Waals surface area contributed by atoms with Gasteiger partial charge in [-0.15, -0.1) is 0 Å². The smallest absolute Gasteiger partial charge is 0.228 e. The molecule has 2 unspecified atom stereocenters. The zero-order valence-corrected chi connectivity index (χ0v) is 13.6. The van der Waals surface area contributed by atoms with E-state index in [0.29, 0.717) is 24.0 Å². The number of piperidine rings is 1. The number of rotatable bonds is 2. The summed E-state index contributed by atoms with van der Waals surface area (Å²) in [6.45, 7) is 15.0. The van der Waals surface area contributed by atoms with Gasteiger partial charge in [-0.2, -0.15) is 0 Å². The van der Waals surface area contributed by atoms with Gasteiger partial charge in [-0.3, -0.25) is 14.6 Å². The maximum atomic E-state index is 12.6. The van der Waals surface area contributed by atoms with Gasteiger partial charge in [-0.25, -0.2) is 0 Å². The Labute approximate surface area is 123 Å². The second-order valence-electron chi connectivity index (χ2n) is 8.10. The molecule has 0 aromatic heterocycles. The first-order valence-electron chi connectivity index (χ1n) is 8.08. The van der Waals surface area contributed by atoms with E-state index in [0.717, 1.165) is 26.2 Å². The number of hydrogen-bond acceptors (Lipinski definition) is 3. The Morgan fingerprint density at radius 3 is 2.05 bits per heavy atom. The molecule has 0 radical (unpaired) electrons. The average Bonchev–Trinajstić information content (AvgIpc) is 2.23. The first-order valence-corrected chi connectivity index (χ1v) is 8.08. The zero-order chi connectivity index (χ0) is 14.7. The molecule has 4 saturated heterocycles. The molecule has 0 aromatic carbocycles. The highest BCUT2D eigenvalue weighted by atomic mass is 16.2. The van der Waals surface area contributed by atoms with E-state index in [1.807, 2.05) is 0 Å². The topological polar surface area (TPSA) is 26.8 Å². The van der Waals surface area contributed by atoms with Crippen molar-refractivity contribution in [3.63, 3.8) is 0 Å².